The molecule has 0 saturated carbocycles. The van der Waals surface area contributed by atoms with Crippen molar-refractivity contribution in [3.63, 3.8) is 0 Å². The Labute approximate surface area is 294 Å². The molecule has 1 N–H and O–H groups in total. The Morgan fingerprint density at radius 2 is 0.750 bits per heavy atom. The summed E-state index contributed by atoms with van der Waals surface area (Å²) in [4.78, 5) is 24.3. The lowest BCUT2D eigenvalue weighted by Gasteiger charge is -2.39. The van der Waals surface area contributed by atoms with Gasteiger partial charge in [-0.2, -0.15) is 114 Å². The number of carbonyl (C=O) groups excluding carboxylic acids is 2. The van der Waals surface area contributed by atoms with Crippen LogP contribution in [-0.2, 0) is 19.1 Å². The second-order valence-electron chi connectivity index (χ2n) is 12.3. The number of ether oxygens (including phenoxy) is 2. The average molecular weight is 897 g/mol. The fraction of sp³-hybridized carbons (Fsp3) is 0.917. The summed E-state index contributed by atoms with van der Waals surface area (Å²) in [5, 5.41) is 1.98. The molecule has 0 spiro atoms. The highest BCUT2D eigenvalue weighted by Gasteiger charge is 2.92. The number of hydrogen-bond donors (Lipinski definition) is 1. The van der Waals surface area contributed by atoms with Gasteiger partial charge in [-0.05, 0) is 0 Å². The monoisotopic (exact) mass is 897 g/mol. The number of nitrogens with zero attached hydrogens (tertiary/aromatic N) is 1. The maximum absolute atomic E-state index is 14.0. The first kappa shape index (κ1) is 53.0. The van der Waals surface area contributed by atoms with Crippen LogP contribution in [-0.4, -0.2) is 135 Å². The predicted octanol–water partition coefficient (Wildman–Crippen LogP) is 8.34. The molecule has 6 nitrogen and oxygen atoms in total. The summed E-state index contributed by atoms with van der Waals surface area (Å²) in [6, 6.07) is -2.46. The van der Waals surface area contributed by atoms with E-state index in [2.05, 4.69) is 9.47 Å². The number of hydrogen-bond acceptors (Lipinski definition) is 5. The molecule has 0 saturated heterocycles. The summed E-state index contributed by atoms with van der Waals surface area (Å²) in [5.74, 6) is -82.5. The van der Waals surface area contributed by atoms with Crippen molar-refractivity contribution < 1.29 is 138 Å². The minimum Gasteiger partial charge on any atom is -0.465 e. The first-order valence-corrected chi connectivity index (χ1v) is 13.9. The van der Waals surface area contributed by atoms with Crippen LogP contribution in [0.5, 0.6) is 0 Å². The first-order chi connectivity index (χ1) is 24.1. The molecule has 0 fully saturated rings. The molecule has 0 aromatic rings. The van der Waals surface area contributed by atoms with Gasteiger partial charge in [0.2, 0.25) is 0 Å². The lowest BCUT2D eigenvalue weighted by atomic mass is 9.93. The summed E-state index contributed by atoms with van der Waals surface area (Å²) >= 11 is 0. The Bertz CT molecular complexity index is 1370. The molecule has 1 atom stereocenters. The molecule has 0 aliphatic heterocycles. The maximum atomic E-state index is 14.0. The van der Waals surface area contributed by atoms with Gasteiger partial charge in [0, 0.05) is 0 Å². The molecule has 56 heavy (non-hydrogen) atoms. The molecule has 0 aromatic heterocycles. The zero-order chi connectivity index (χ0) is 45.6. The molecular weight excluding hydrogens is 874 g/mol. The standard InChI is InChI=1S/C24H23F26N2O4/c1-52(2,3)9-51-10(12(54)56-7-5-14(27,28)16(31,32)18(35,36)20(39,40)22(43,44)24(48,49)50)8-11(53)55-6-4-13(25,26)15(29,30)17(33,34)19(37,38)21(41,42)23(45,46)47/h10,51H,4-9H2,1-3H3/q+1. The van der Waals surface area contributed by atoms with E-state index in [9.17, 15) is 124 Å². The van der Waals surface area contributed by atoms with Crippen LogP contribution in [0.3, 0.4) is 0 Å². The number of nitrogens with one attached hydrogen (secondary N) is 1. The summed E-state index contributed by atoms with van der Waals surface area (Å²) in [6.07, 6.45) is -23.3. The van der Waals surface area contributed by atoms with Gasteiger partial charge in [0.1, 0.15) is 12.7 Å². The van der Waals surface area contributed by atoms with Crippen molar-refractivity contribution in [1.29, 1.82) is 0 Å². The zero-order valence-electron chi connectivity index (χ0n) is 27.2. The molecule has 0 bridgehead atoms. The molecular formula is C24H23F26N2O4+. The van der Waals surface area contributed by atoms with Crippen LogP contribution < -0.4 is 5.32 Å². The van der Waals surface area contributed by atoms with Gasteiger partial charge in [-0.1, -0.05) is 0 Å². The number of esters is 2. The third-order valence-corrected chi connectivity index (χ3v) is 6.80. The van der Waals surface area contributed by atoms with Gasteiger partial charge in [0.05, 0.1) is 53.6 Å². The fourth-order valence-corrected chi connectivity index (χ4v) is 3.44. The van der Waals surface area contributed by atoms with E-state index in [1.54, 1.807) is 0 Å². The molecule has 32 heteroatoms. The highest BCUT2D eigenvalue weighted by atomic mass is 19.4. The smallest absolute Gasteiger partial charge is 0.460 e. The van der Waals surface area contributed by atoms with Crippen molar-refractivity contribution >= 4 is 11.9 Å². The summed E-state index contributed by atoms with van der Waals surface area (Å²) < 4.78 is 351. The van der Waals surface area contributed by atoms with E-state index in [0.717, 1.165) is 0 Å². The predicted molar refractivity (Wildman–Crippen MR) is 127 cm³/mol. The second kappa shape index (κ2) is 15.7. The van der Waals surface area contributed by atoms with Crippen LogP contribution >= 0.6 is 0 Å². The van der Waals surface area contributed by atoms with E-state index in [1.807, 2.05) is 5.32 Å². The van der Waals surface area contributed by atoms with E-state index in [1.165, 1.54) is 21.1 Å². The van der Waals surface area contributed by atoms with E-state index in [4.69, 9.17) is 0 Å². The maximum Gasteiger partial charge on any atom is 0.460 e. The van der Waals surface area contributed by atoms with E-state index in [0.29, 0.717) is 0 Å². The molecule has 0 aliphatic rings. The summed E-state index contributed by atoms with van der Waals surface area (Å²) in [7, 11) is 3.71. The minimum atomic E-state index is -8.27. The Hall–Kier alpha value is -2.96. The third kappa shape index (κ3) is 9.66. The summed E-state index contributed by atoms with van der Waals surface area (Å²) in [6.45, 7) is -5.35. The third-order valence-electron chi connectivity index (χ3n) is 6.80. The van der Waals surface area contributed by atoms with Crippen molar-refractivity contribution in [3.05, 3.63) is 0 Å². The van der Waals surface area contributed by atoms with Crippen LogP contribution in [0, 0.1) is 0 Å². The van der Waals surface area contributed by atoms with Gasteiger partial charge in [-0.15, -0.1) is 0 Å². The van der Waals surface area contributed by atoms with Crippen molar-refractivity contribution in [2.24, 2.45) is 0 Å². The molecule has 0 aliphatic carbocycles. The second-order valence-corrected chi connectivity index (χ2v) is 12.3. The molecule has 334 valence electrons. The summed E-state index contributed by atoms with van der Waals surface area (Å²) in [5.41, 5.74) is 0. The van der Waals surface area contributed by atoms with Crippen LogP contribution in [0.25, 0.3) is 0 Å². The van der Waals surface area contributed by atoms with Crippen LogP contribution in [0.15, 0.2) is 0 Å². The van der Waals surface area contributed by atoms with Gasteiger partial charge >= 0.3 is 83.5 Å². The lowest BCUT2D eigenvalue weighted by Crippen LogP contribution is -2.70. The zero-order valence-corrected chi connectivity index (χ0v) is 27.2. The van der Waals surface area contributed by atoms with Crippen LogP contribution in [0.2, 0.25) is 0 Å². The van der Waals surface area contributed by atoms with Crippen molar-refractivity contribution in [1.82, 2.24) is 5.32 Å². The van der Waals surface area contributed by atoms with Gasteiger partial charge < -0.3 is 14.0 Å². The Morgan fingerprint density at radius 1 is 0.464 bits per heavy atom. The first-order valence-electron chi connectivity index (χ1n) is 13.9. The normalized spacial score (nSPS) is 16.2. The van der Waals surface area contributed by atoms with Crippen LogP contribution in [0.4, 0.5) is 114 Å². The number of halogens is 26. The van der Waals surface area contributed by atoms with Crippen molar-refractivity contribution in [2.45, 2.75) is 96.9 Å². The van der Waals surface area contributed by atoms with E-state index >= 15 is 0 Å². The van der Waals surface area contributed by atoms with Gasteiger partial charge in [0.15, 0.2) is 0 Å². The quantitative estimate of drug-likeness (QED) is 0.0577. The molecule has 0 heterocycles. The van der Waals surface area contributed by atoms with Crippen molar-refractivity contribution in [2.75, 3.05) is 41.0 Å². The SMILES string of the molecule is C[N+](C)(C)CNC(CC(=O)OCCC(F)(F)C(F)(F)C(F)(F)C(F)(F)C(F)(F)C(F)(F)F)C(=O)OCCC(F)(F)C(F)(F)C(F)(F)C(F)(F)C(F)(F)C(F)(F)F. The number of alkyl halides is 26. The minimum absolute atomic E-state index is 0.359. The number of carbonyl (C=O) groups is 2. The number of rotatable bonds is 20. The molecule has 0 rings (SSSR count). The Morgan fingerprint density at radius 3 is 1.04 bits per heavy atom. The van der Waals surface area contributed by atoms with E-state index in [-0.39, 0.29) is 4.48 Å². The number of quaternary nitrogens is 1. The van der Waals surface area contributed by atoms with Crippen molar-refractivity contribution in [3.8, 4) is 0 Å². The Balaban J connectivity index is 6.02. The average Bonchev–Trinajstić information content (AvgIpc) is 2.96. The highest BCUT2D eigenvalue weighted by Crippen LogP contribution is 2.62. The van der Waals surface area contributed by atoms with Gasteiger partial charge in [-0.3, -0.25) is 14.9 Å². The topological polar surface area (TPSA) is 64.6 Å². The largest absolute Gasteiger partial charge is 0.465 e. The Kier molecular flexibility index (Phi) is 14.8. The fourth-order valence-electron chi connectivity index (χ4n) is 3.44. The highest BCUT2D eigenvalue weighted by molar-refractivity contribution is 5.82. The van der Waals surface area contributed by atoms with Gasteiger partial charge in [0.25, 0.3) is 0 Å². The van der Waals surface area contributed by atoms with Gasteiger partial charge in [-0.25, -0.2) is 0 Å². The molecule has 0 aromatic carbocycles. The molecule has 0 amide bonds. The van der Waals surface area contributed by atoms with Crippen LogP contribution in [0.1, 0.15) is 19.3 Å². The lowest BCUT2D eigenvalue weighted by molar-refractivity contribution is -0.873. The molecule has 0 radical (unpaired) electrons. The van der Waals surface area contributed by atoms with E-state index < -0.39 is 129 Å². The molecule has 1 unspecified atom stereocenters.